The Morgan fingerprint density at radius 1 is 1.00 bits per heavy atom. The first-order valence-corrected chi connectivity index (χ1v) is 11.7. The second-order valence-corrected chi connectivity index (χ2v) is 8.30. The van der Waals surface area contributed by atoms with Crippen LogP contribution in [0, 0.1) is 0 Å². The van der Waals surface area contributed by atoms with E-state index >= 15 is 0 Å². The zero-order valence-electron chi connectivity index (χ0n) is 19.6. The Morgan fingerprint density at radius 2 is 1.80 bits per heavy atom. The molecule has 0 unspecified atom stereocenters. The number of amides is 2. The van der Waals surface area contributed by atoms with Crippen LogP contribution in [0.1, 0.15) is 25.3 Å². The molecule has 0 aliphatic carbocycles. The smallest absolute Gasteiger partial charge is 0.320 e. The van der Waals surface area contributed by atoms with Gasteiger partial charge in [0.25, 0.3) is 0 Å². The Kier molecular flexibility index (Phi) is 8.19. The molecule has 0 saturated carbocycles. The van der Waals surface area contributed by atoms with Crippen LogP contribution in [0.2, 0.25) is 0 Å². The molecule has 0 aliphatic heterocycles. The van der Waals surface area contributed by atoms with Crippen molar-refractivity contribution in [1.29, 1.82) is 0 Å². The van der Waals surface area contributed by atoms with Crippen molar-refractivity contribution in [1.82, 2.24) is 20.3 Å². The maximum Gasteiger partial charge on any atom is 0.320 e. The van der Waals surface area contributed by atoms with E-state index in [0.717, 1.165) is 24.8 Å². The topological polar surface area (TPSA) is 109 Å². The predicted octanol–water partition coefficient (Wildman–Crippen LogP) is 4.60. The van der Waals surface area contributed by atoms with Gasteiger partial charge in [-0.15, -0.1) is 0 Å². The highest BCUT2D eigenvalue weighted by atomic mass is 16.5. The highest BCUT2D eigenvalue weighted by Gasteiger charge is 2.08. The molecule has 0 fully saturated rings. The summed E-state index contributed by atoms with van der Waals surface area (Å²) < 4.78 is 5.50. The van der Waals surface area contributed by atoms with E-state index in [0.29, 0.717) is 35.0 Å². The number of aryl methyl sites for hydroxylation is 1. The monoisotopic (exact) mass is 471 g/mol. The Hall–Kier alpha value is -4.04. The molecule has 1 atom stereocenters. The molecule has 35 heavy (non-hydrogen) atoms. The molecule has 0 saturated heterocycles. The van der Waals surface area contributed by atoms with Crippen molar-refractivity contribution in [2.45, 2.75) is 32.3 Å². The lowest BCUT2D eigenvalue weighted by Gasteiger charge is -2.09. The zero-order chi connectivity index (χ0) is 24.5. The van der Waals surface area contributed by atoms with Crippen LogP contribution in [0.25, 0.3) is 22.4 Å². The fourth-order valence-electron chi connectivity index (χ4n) is 3.51. The molecule has 0 aliphatic rings. The highest BCUT2D eigenvalue weighted by Crippen LogP contribution is 2.22. The molecule has 0 spiro atoms. The molecular formula is C27H29N5O3. The van der Waals surface area contributed by atoms with Crippen LogP contribution in [-0.4, -0.2) is 45.3 Å². The van der Waals surface area contributed by atoms with E-state index in [1.165, 1.54) is 5.56 Å². The number of hydrogen-bond acceptors (Lipinski definition) is 6. The van der Waals surface area contributed by atoms with Gasteiger partial charge in [0.1, 0.15) is 23.7 Å². The molecule has 180 valence electrons. The Bertz CT molecular complexity index is 1250. The number of carbonyl (C=O) groups excluding carboxylic acids is 1. The molecular weight excluding hydrogens is 442 g/mol. The fourth-order valence-corrected chi connectivity index (χ4v) is 3.51. The van der Waals surface area contributed by atoms with Crippen LogP contribution in [0.4, 0.5) is 10.6 Å². The van der Waals surface area contributed by atoms with Gasteiger partial charge in [-0.05, 0) is 68.1 Å². The van der Waals surface area contributed by atoms with E-state index in [9.17, 15) is 9.90 Å². The number of nitrogens with one attached hydrogen (secondary N) is 2. The van der Waals surface area contributed by atoms with E-state index in [1.54, 1.807) is 25.3 Å². The molecule has 4 aromatic rings. The lowest BCUT2D eigenvalue weighted by atomic mass is 10.1. The van der Waals surface area contributed by atoms with Crippen molar-refractivity contribution in [2.24, 2.45) is 0 Å². The Balaban J connectivity index is 1.31. The number of fused-ring (bicyclic) bond motifs is 1. The first-order chi connectivity index (χ1) is 17.1. The fraction of sp³-hybridized carbons (Fsp3) is 0.259. The van der Waals surface area contributed by atoms with Crippen LogP contribution in [0.15, 0.2) is 72.9 Å². The normalized spacial score (nSPS) is 11.7. The molecule has 2 aromatic heterocycles. The third-order valence-electron chi connectivity index (χ3n) is 5.31. The SMILES string of the molecule is C[C@H](O)COc1ccc(-c2cnc3ccc(NC(=O)NCCCCc4ccccc4)nc3n2)cc1. The molecule has 2 aromatic carbocycles. The maximum absolute atomic E-state index is 12.3. The van der Waals surface area contributed by atoms with Crippen LogP contribution < -0.4 is 15.4 Å². The number of rotatable bonds is 10. The minimum atomic E-state index is -0.531. The number of carbonyl (C=O) groups is 1. The first kappa shape index (κ1) is 24.1. The summed E-state index contributed by atoms with van der Waals surface area (Å²) in [5.41, 5.74) is 3.90. The van der Waals surface area contributed by atoms with Crippen molar-refractivity contribution in [3.63, 3.8) is 0 Å². The molecule has 2 amide bonds. The summed E-state index contributed by atoms with van der Waals surface area (Å²) in [4.78, 5) is 25.8. The third kappa shape index (κ3) is 7.22. The molecule has 3 N–H and O–H groups in total. The second kappa shape index (κ2) is 11.9. The minimum absolute atomic E-state index is 0.232. The van der Waals surface area contributed by atoms with Gasteiger partial charge in [0.2, 0.25) is 0 Å². The number of aliphatic hydroxyl groups excluding tert-OH is 1. The van der Waals surface area contributed by atoms with Crippen molar-refractivity contribution >= 4 is 23.0 Å². The number of aliphatic hydroxyl groups is 1. The number of benzene rings is 2. The number of pyridine rings is 1. The van der Waals surface area contributed by atoms with Crippen molar-refractivity contribution < 1.29 is 14.6 Å². The van der Waals surface area contributed by atoms with Crippen molar-refractivity contribution in [3.05, 3.63) is 78.5 Å². The van der Waals surface area contributed by atoms with Gasteiger partial charge in [0, 0.05) is 12.1 Å². The zero-order valence-corrected chi connectivity index (χ0v) is 19.6. The van der Waals surface area contributed by atoms with Gasteiger partial charge in [-0.1, -0.05) is 30.3 Å². The number of aromatic nitrogens is 3. The number of urea groups is 1. The lowest BCUT2D eigenvalue weighted by Crippen LogP contribution is -2.29. The maximum atomic E-state index is 12.3. The van der Waals surface area contributed by atoms with Gasteiger partial charge in [-0.25, -0.2) is 14.8 Å². The first-order valence-electron chi connectivity index (χ1n) is 11.7. The number of ether oxygens (including phenoxy) is 1. The average molecular weight is 472 g/mol. The van der Waals surface area contributed by atoms with Gasteiger partial charge in [0.05, 0.1) is 18.0 Å². The molecule has 0 bridgehead atoms. The van der Waals surface area contributed by atoms with Crippen LogP contribution in [-0.2, 0) is 6.42 Å². The van der Waals surface area contributed by atoms with Gasteiger partial charge < -0.3 is 15.2 Å². The molecule has 4 rings (SSSR count). The highest BCUT2D eigenvalue weighted by molar-refractivity contribution is 5.89. The number of anilines is 1. The van der Waals surface area contributed by atoms with Gasteiger partial charge in [-0.2, -0.15) is 0 Å². The van der Waals surface area contributed by atoms with Crippen LogP contribution in [0.3, 0.4) is 0 Å². The van der Waals surface area contributed by atoms with E-state index in [4.69, 9.17) is 4.74 Å². The summed E-state index contributed by atoms with van der Waals surface area (Å²) in [5.74, 6) is 1.08. The molecule has 2 heterocycles. The van der Waals surface area contributed by atoms with E-state index in [-0.39, 0.29) is 12.6 Å². The van der Waals surface area contributed by atoms with Crippen LogP contribution in [0.5, 0.6) is 5.75 Å². The summed E-state index contributed by atoms with van der Waals surface area (Å²) in [5, 5.41) is 15.0. The Morgan fingerprint density at radius 3 is 2.57 bits per heavy atom. The number of nitrogens with zero attached hydrogens (tertiary/aromatic N) is 3. The molecule has 8 heteroatoms. The number of hydrogen-bond donors (Lipinski definition) is 3. The van der Waals surface area contributed by atoms with E-state index in [2.05, 4.69) is 37.7 Å². The predicted molar refractivity (Wildman–Crippen MR) is 136 cm³/mol. The van der Waals surface area contributed by atoms with Gasteiger partial charge in [-0.3, -0.25) is 10.3 Å². The standard InChI is InChI=1S/C27H29N5O3/c1-19(33)18-35-22-12-10-21(11-13-22)24-17-29-23-14-15-25(31-26(23)30-24)32-27(34)28-16-6-5-9-20-7-3-2-4-8-20/h2-4,7-8,10-15,17,19,33H,5-6,9,16,18H2,1H3,(H2,28,30,31,32,34)/t19-/m0/s1. The summed E-state index contributed by atoms with van der Waals surface area (Å²) >= 11 is 0. The average Bonchev–Trinajstić information content (AvgIpc) is 2.88. The van der Waals surface area contributed by atoms with Gasteiger partial charge in [0.15, 0.2) is 5.65 Å². The largest absolute Gasteiger partial charge is 0.491 e. The summed E-state index contributed by atoms with van der Waals surface area (Å²) in [6.07, 6.45) is 4.05. The molecule has 8 nitrogen and oxygen atoms in total. The summed E-state index contributed by atoms with van der Waals surface area (Å²) in [6, 6.07) is 20.9. The summed E-state index contributed by atoms with van der Waals surface area (Å²) in [7, 11) is 0. The van der Waals surface area contributed by atoms with Crippen molar-refractivity contribution in [2.75, 3.05) is 18.5 Å². The van der Waals surface area contributed by atoms with Crippen LogP contribution >= 0.6 is 0 Å². The van der Waals surface area contributed by atoms with Crippen molar-refractivity contribution in [3.8, 4) is 17.0 Å². The van der Waals surface area contributed by atoms with E-state index < -0.39 is 6.10 Å². The third-order valence-corrected chi connectivity index (χ3v) is 5.31. The second-order valence-electron chi connectivity index (χ2n) is 8.30. The number of unbranched alkanes of at least 4 members (excludes halogenated alkanes) is 1. The van der Waals surface area contributed by atoms with E-state index in [1.807, 2.05) is 42.5 Å². The lowest BCUT2D eigenvalue weighted by molar-refractivity contribution is 0.123. The minimum Gasteiger partial charge on any atom is -0.491 e. The molecule has 0 radical (unpaired) electrons. The summed E-state index contributed by atoms with van der Waals surface area (Å²) in [6.45, 7) is 2.50. The van der Waals surface area contributed by atoms with Gasteiger partial charge >= 0.3 is 6.03 Å². The quantitative estimate of drug-likeness (QED) is 0.292. The Labute approximate surface area is 204 Å².